The van der Waals surface area contributed by atoms with Gasteiger partial charge in [0.25, 0.3) is 17.4 Å². The van der Waals surface area contributed by atoms with Gasteiger partial charge in [-0.2, -0.15) is 5.10 Å². The normalized spacial score (nSPS) is 11.0. The average molecular weight is 319 g/mol. The molecule has 1 heterocycles. The first-order valence-electron chi connectivity index (χ1n) is 5.78. The van der Waals surface area contributed by atoms with Gasteiger partial charge in [0.1, 0.15) is 0 Å². The van der Waals surface area contributed by atoms with E-state index in [1.54, 1.807) is 12.1 Å². The summed E-state index contributed by atoms with van der Waals surface area (Å²) in [7, 11) is 0. The third kappa shape index (κ3) is 3.73. The molecule has 2 rings (SSSR count). The van der Waals surface area contributed by atoms with Crippen LogP contribution in [0.25, 0.3) is 10.8 Å². The number of nitrogens with two attached hydrogens (primary N) is 1. The molecule has 0 saturated heterocycles. The van der Waals surface area contributed by atoms with Crippen molar-refractivity contribution in [3.05, 3.63) is 40.3 Å². The van der Waals surface area contributed by atoms with Crippen molar-refractivity contribution in [1.29, 1.82) is 0 Å². The van der Waals surface area contributed by atoms with E-state index in [-0.39, 0.29) is 23.5 Å². The van der Waals surface area contributed by atoms with Gasteiger partial charge < -0.3 is 11.1 Å². The number of hydrogen-bond acceptors (Lipinski definition) is 4. The number of hydrogen-bond donors (Lipinski definition) is 3. The quantitative estimate of drug-likeness (QED) is 0.771. The van der Waals surface area contributed by atoms with Crippen LogP contribution >= 0.6 is 12.4 Å². The highest BCUT2D eigenvalue weighted by molar-refractivity contribution is 6.04. The van der Waals surface area contributed by atoms with Crippen LogP contribution in [-0.2, 0) is 0 Å². The van der Waals surface area contributed by atoms with E-state index in [1.807, 2.05) is 5.32 Å². The Morgan fingerprint density at radius 3 is 2.57 bits per heavy atom. The molecule has 0 bridgehead atoms. The lowest BCUT2D eigenvalue weighted by atomic mass is 10.1. The minimum absolute atomic E-state index is 0. The SMILES string of the molecule is Cl.NCC(F)(F)CNC(=O)c1n[nH]c(=O)c2ccccc12. The maximum Gasteiger partial charge on any atom is 0.277 e. The molecular weight excluding hydrogens is 306 g/mol. The largest absolute Gasteiger partial charge is 0.345 e. The van der Waals surface area contributed by atoms with Crippen LogP contribution in [0.2, 0.25) is 0 Å². The van der Waals surface area contributed by atoms with E-state index in [1.165, 1.54) is 12.1 Å². The zero-order valence-corrected chi connectivity index (χ0v) is 11.5. The van der Waals surface area contributed by atoms with Gasteiger partial charge in [-0.05, 0) is 6.07 Å². The molecule has 4 N–H and O–H groups in total. The number of alkyl halides is 2. The van der Waals surface area contributed by atoms with Gasteiger partial charge in [-0.1, -0.05) is 18.2 Å². The van der Waals surface area contributed by atoms with Crippen molar-refractivity contribution < 1.29 is 13.6 Å². The molecule has 1 aromatic heterocycles. The summed E-state index contributed by atoms with van der Waals surface area (Å²) in [4.78, 5) is 23.4. The number of nitrogens with zero attached hydrogens (tertiary/aromatic N) is 1. The number of aromatic amines is 1. The van der Waals surface area contributed by atoms with E-state index in [0.29, 0.717) is 5.39 Å². The first-order valence-corrected chi connectivity index (χ1v) is 5.78. The van der Waals surface area contributed by atoms with E-state index >= 15 is 0 Å². The molecule has 0 aliphatic carbocycles. The van der Waals surface area contributed by atoms with Crippen LogP contribution in [0.1, 0.15) is 10.5 Å². The number of fused-ring (bicyclic) bond motifs is 1. The van der Waals surface area contributed by atoms with Crippen molar-refractivity contribution in [2.45, 2.75) is 5.92 Å². The molecule has 0 spiro atoms. The number of aromatic nitrogens is 2. The Hall–Kier alpha value is -2.06. The summed E-state index contributed by atoms with van der Waals surface area (Å²) in [5.74, 6) is -3.99. The van der Waals surface area contributed by atoms with E-state index in [9.17, 15) is 18.4 Å². The van der Waals surface area contributed by atoms with Crippen molar-refractivity contribution in [3.8, 4) is 0 Å². The van der Waals surface area contributed by atoms with Crippen molar-refractivity contribution in [2.75, 3.05) is 13.1 Å². The van der Waals surface area contributed by atoms with Gasteiger partial charge in [-0.3, -0.25) is 9.59 Å². The number of nitrogens with one attached hydrogen (secondary N) is 2. The molecule has 2 aromatic rings. The van der Waals surface area contributed by atoms with Gasteiger partial charge in [0.15, 0.2) is 5.69 Å². The number of H-pyrrole nitrogens is 1. The lowest BCUT2D eigenvalue weighted by Gasteiger charge is -2.14. The van der Waals surface area contributed by atoms with Crippen molar-refractivity contribution in [1.82, 2.24) is 15.5 Å². The van der Waals surface area contributed by atoms with Gasteiger partial charge in [-0.25, -0.2) is 13.9 Å². The topological polar surface area (TPSA) is 101 Å². The van der Waals surface area contributed by atoms with Crippen molar-refractivity contribution in [2.24, 2.45) is 5.73 Å². The molecule has 0 aliphatic rings. The number of carbonyl (C=O) groups excluding carboxylic acids is 1. The zero-order valence-electron chi connectivity index (χ0n) is 10.7. The first kappa shape index (κ1) is 17.0. The van der Waals surface area contributed by atoms with Crippen LogP contribution in [0.15, 0.2) is 29.1 Å². The Morgan fingerprint density at radius 2 is 1.95 bits per heavy atom. The van der Waals surface area contributed by atoms with Gasteiger partial charge in [-0.15, -0.1) is 12.4 Å². The van der Waals surface area contributed by atoms with E-state index < -0.39 is 30.5 Å². The molecule has 0 saturated carbocycles. The molecule has 0 atom stereocenters. The Bertz CT molecular complexity index is 705. The zero-order chi connectivity index (χ0) is 14.8. The molecular formula is C12H13ClF2N4O2. The van der Waals surface area contributed by atoms with Crippen LogP contribution < -0.4 is 16.6 Å². The van der Waals surface area contributed by atoms with Gasteiger partial charge in [0, 0.05) is 5.39 Å². The summed E-state index contributed by atoms with van der Waals surface area (Å²) in [5, 5.41) is 8.37. The van der Waals surface area contributed by atoms with Gasteiger partial charge in [0.05, 0.1) is 18.5 Å². The van der Waals surface area contributed by atoms with Crippen LogP contribution in [0.5, 0.6) is 0 Å². The highest BCUT2D eigenvalue weighted by Gasteiger charge is 2.28. The van der Waals surface area contributed by atoms with Crippen LogP contribution in [0.4, 0.5) is 8.78 Å². The molecule has 1 amide bonds. The fraction of sp³-hybridized carbons (Fsp3) is 0.250. The average Bonchev–Trinajstić information content (AvgIpc) is 2.46. The second-order valence-corrected chi connectivity index (χ2v) is 4.19. The molecule has 0 fully saturated rings. The Kier molecular flexibility index (Phi) is 5.34. The number of amides is 1. The Balaban J connectivity index is 0.00000220. The second-order valence-electron chi connectivity index (χ2n) is 4.19. The van der Waals surface area contributed by atoms with E-state index in [4.69, 9.17) is 5.73 Å². The van der Waals surface area contributed by atoms with Gasteiger partial charge >= 0.3 is 0 Å². The molecule has 1 aromatic carbocycles. The minimum atomic E-state index is -3.19. The lowest BCUT2D eigenvalue weighted by Crippen LogP contribution is -2.42. The highest BCUT2D eigenvalue weighted by atomic mass is 35.5. The number of halogens is 3. The summed E-state index contributed by atoms with van der Waals surface area (Å²) >= 11 is 0. The predicted molar refractivity (Wildman–Crippen MR) is 75.9 cm³/mol. The molecule has 114 valence electrons. The summed E-state index contributed by atoms with van der Waals surface area (Å²) in [6, 6.07) is 6.28. The van der Waals surface area contributed by atoms with E-state index in [2.05, 4.69) is 10.2 Å². The fourth-order valence-electron chi connectivity index (χ4n) is 1.65. The number of benzene rings is 1. The molecule has 0 radical (unpaired) electrons. The molecule has 6 nitrogen and oxygen atoms in total. The summed E-state index contributed by atoms with van der Waals surface area (Å²) in [6.45, 7) is -1.76. The maximum absolute atomic E-state index is 13.0. The van der Waals surface area contributed by atoms with Gasteiger partial charge in [0.2, 0.25) is 0 Å². The van der Waals surface area contributed by atoms with Crippen LogP contribution in [0.3, 0.4) is 0 Å². The second kappa shape index (κ2) is 6.59. The van der Waals surface area contributed by atoms with Crippen LogP contribution in [-0.4, -0.2) is 35.1 Å². The number of rotatable bonds is 4. The Labute approximate surface area is 124 Å². The first-order chi connectivity index (χ1) is 9.44. The molecule has 9 heteroatoms. The third-order valence-corrected chi connectivity index (χ3v) is 2.72. The summed E-state index contributed by atoms with van der Waals surface area (Å²) in [5.41, 5.74) is 4.31. The lowest BCUT2D eigenvalue weighted by molar-refractivity contribution is 0.0118. The number of carbonyl (C=O) groups is 1. The van der Waals surface area contributed by atoms with Crippen molar-refractivity contribution >= 4 is 29.1 Å². The molecule has 0 unspecified atom stereocenters. The highest BCUT2D eigenvalue weighted by Crippen LogP contribution is 2.13. The minimum Gasteiger partial charge on any atom is -0.345 e. The maximum atomic E-state index is 13.0. The smallest absolute Gasteiger partial charge is 0.277 e. The fourth-order valence-corrected chi connectivity index (χ4v) is 1.65. The summed E-state index contributed by atoms with van der Waals surface area (Å²) in [6.07, 6.45) is 0. The van der Waals surface area contributed by atoms with E-state index in [0.717, 1.165) is 0 Å². The monoisotopic (exact) mass is 318 g/mol. The third-order valence-electron chi connectivity index (χ3n) is 2.72. The van der Waals surface area contributed by atoms with Crippen LogP contribution in [0, 0.1) is 0 Å². The Morgan fingerprint density at radius 1 is 1.33 bits per heavy atom. The predicted octanol–water partition coefficient (Wildman–Crippen LogP) is 0.669. The summed E-state index contributed by atoms with van der Waals surface area (Å²) < 4.78 is 26.0. The standard InChI is InChI=1S/C12H12F2N4O2.ClH/c13-12(14,5-15)6-16-11(20)9-7-3-1-2-4-8(7)10(19)18-17-9;/h1-4H,5-6,15H2,(H,16,20)(H,18,19);1H. The molecule has 0 aliphatic heterocycles. The van der Waals surface area contributed by atoms with Crippen molar-refractivity contribution in [3.63, 3.8) is 0 Å². The molecule has 21 heavy (non-hydrogen) atoms.